The van der Waals surface area contributed by atoms with Gasteiger partial charge in [-0.25, -0.2) is 9.59 Å². The number of hydrogen-bond acceptors (Lipinski definition) is 6. The Bertz CT molecular complexity index is 624. The molecule has 2 saturated carbocycles. The van der Waals surface area contributed by atoms with Gasteiger partial charge in [-0.05, 0) is 55.8 Å². The zero-order chi connectivity index (χ0) is 21.9. The van der Waals surface area contributed by atoms with Crippen LogP contribution in [0.3, 0.4) is 0 Å². The van der Waals surface area contributed by atoms with Gasteiger partial charge in [-0.2, -0.15) is 0 Å². The zero-order valence-corrected chi connectivity index (χ0v) is 19.0. The summed E-state index contributed by atoms with van der Waals surface area (Å²) in [7, 11) is 0. The second-order valence-electron chi connectivity index (χ2n) is 10.7. The summed E-state index contributed by atoms with van der Waals surface area (Å²) in [4.78, 5) is 36.8. The molecule has 0 bridgehead atoms. The van der Waals surface area contributed by atoms with Crippen molar-refractivity contribution >= 4 is 17.9 Å². The first-order valence-electron chi connectivity index (χ1n) is 10.9. The van der Waals surface area contributed by atoms with Crippen LogP contribution >= 0.6 is 0 Å². The molecular formula is C23H38O6. The number of rotatable bonds is 8. The predicted octanol–water partition coefficient (Wildman–Crippen LogP) is 4.58. The van der Waals surface area contributed by atoms with Crippen LogP contribution < -0.4 is 0 Å². The van der Waals surface area contributed by atoms with Crippen LogP contribution in [-0.4, -0.2) is 36.7 Å². The summed E-state index contributed by atoms with van der Waals surface area (Å²) in [6, 6.07) is 0. The van der Waals surface area contributed by atoms with Crippen LogP contribution in [0.25, 0.3) is 0 Å². The lowest BCUT2D eigenvalue weighted by atomic mass is 9.79. The van der Waals surface area contributed by atoms with E-state index in [9.17, 15) is 14.4 Å². The van der Waals surface area contributed by atoms with Crippen molar-refractivity contribution in [1.29, 1.82) is 0 Å². The molecule has 166 valence electrons. The van der Waals surface area contributed by atoms with Gasteiger partial charge in [0.2, 0.25) is 0 Å². The number of ether oxygens (including phenoxy) is 3. The van der Waals surface area contributed by atoms with Gasteiger partial charge < -0.3 is 14.2 Å². The lowest BCUT2D eigenvalue weighted by molar-refractivity contribution is -0.176. The average Bonchev–Trinajstić information content (AvgIpc) is 3.18. The molecule has 0 aromatic rings. The Morgan fingerprint density at radius 3 is 1.93 bits per heavy atom. The Labute approximate surface area is 175 Å². The van der Waals surface area contributed by atoms with Crippen molar-refractivity contribution in [3.8, 4) is 0 Å². The lowest BCUT2D eigenvalue weighted by Gasteiger charge is -2.35. The summed E-state index contributed by atoms with van der Waals surface area (Å²) < 4.78 is 15.9. The van der Waals surface area contributed by atoms with Crippen molar-refractivity contribution in [2.45, 2.75) is 98.5 Å². The summed E-state index contributed by atoms with van der Waals surface area (Å²) in [5, 5.41) is 0. The fraction of sp³-hybridized carbons (Fsp3) is 0.870. The van der Waals surface area contributed by atoms with E-state index in [1.54, 1.807) is 0 Å². The molecule has 2 fully saturated rings. The molecule has 6 nitrogen and oxygen atoms in total. The van der Waals surface area contributed by atoms with E-state index >= 15 is 0 Å². The molecule has 1 atom stereocenters. The van der Waals surface area contributed by atoms with Gasteiger partial charge >= 0.3 is 17.9 Å². The van der Waals surface area contributed by atoms with E-state index in [2.05, 4.69) is 20.8 Å². The Morgan fingerprint density at radius 2 is 1.45 bits per heavy atom. The molecule has 0 aromatic carbocycles. The van der Waals surface area contributed by atoms with E-state index in [1.807, 2.05) is 20.8 Å². The van der Waals surface area contributed by atoms with Crippen molar-refractivity contribution in [2.24, 2.45) is 16.2 Å². The maximum Gasteiger partial charge on any atom is 0.344 e. The minimum Gasteiger partial charge on any atom is -0.457 e. The van der Waals surface area contributed by atoms with Gasteiger partial charge in [0, 0.05) is 0 Å². The smallest absolute Gasteiger partial charge is 0.344 e. The lowest BCUT2D eigenvalue weighted by Crippen LogP contribution is -2.38. The Balaban J connectivity index is 1.78. The molecule has 0 aliphatic heterocycles. The minimum absolute atomic E-state index is 0.0224. The van der Waals surface area contributed by atoms with Crippen molar-refractivity contribution in [1.82, 2.24) is 0 Å². The van der Waals surface area contributed by atoms with Crippen LogP contribution in [0.5, 0.6) is 0 Å². The Morgan fingerprint density at radius 1 is 0.897 bits per heavy atom. The van der Waals surface area contributed by atoms with Crippen LogP contribution in [0.15, 0.2) is 0 Å². The van der Waals surface area contributed by atoms with Crippen LogP contribution in [0.1, 0.15) is 92.9 Å². The molecule has 0 N–H and O–H groups in total. The van der Waals surface area contributed by atoms with E-state index in [4.69, 9.17) is 14.2 Å². The van der Waals surface area contributed by atoms with Crippen LogP contribution in [0.2, 0.25) is 0 Å². The van der Waals surface area contributed by atoms with E-state index in [0.29, 0.717) is 6.42 Å². The normalized spacial score (nSPS) is 25.0. The van der Waals surface area contributed by atoms with Crippen LogP contribution in [-0.2, 0) is 28.6 Å². The second-order valence-corrected chi connectivity index (χ2v) is 10.7. The minimum atomic E-state index is -0.728. The third kappa shape index (κ3) is 5.95. The highest BCUT2D eigenvalue weighted by Gasteiger charge is 2.67. The molecule has 29 heavy (non-hydrogen) atoms. The first-order valence-corrected chi connectivity index (χ1v) is 10.9. The van der Waals surface area contributed by atoms with Gasteiger partial charge in [0.25, 0.3) is 0 Å². The summed E-state index contributed by atoms with van der Waals surface area (Å²) in [5.74, 6) is -1.63. The van der Waals surface area contributed by atoms with Gasteiger partial charge in [-0.15, -0.1) is 0 Å². The molecule has 2 rings (SSSR count). The standard InChI is InChI=1S/C23H38O6/c1-7-22(11-9-8-10-12-22)29-18(25)14-27-17(24)13-28-19(26)23(15-20(2,3)4)16-21(23,5)6/h7-16H2,1-6H3. The molecule has 0 aromatic heterocycles. The maximum atomic E-state index is 12.7. The Hall–Kier alpha value is -1.59. The fourth-order valence-corrected chi connectivity index (χ4v) is 4.78. The van der Waals surface area contributed by atoms with Gasteiger partial charge in [-0.3, -0.25) is 4.79 Å². The first kappa shape index (κ1) is 23.7. The molecule has 2 aliphatic carbocycles. The number of carbonyl (C=O) groups excluding carboxylic acids is 3. The summed E-state index contributed by atoms with van der Waals surface area (Å²) in [6.07, 6.45) is 7.16. The fourth-order valence-electron chi connectivity index (χ4n) is 4.78. The Kier molecular flexibility index (Phi) is 7.06. The third-order valence-electron chi connectivity index (χ3n) is 6.55. The van der Waals surface area contributed by atoms with Crippen LogP contribution in [0.4, 0.5) is 0 Å². The predicted molar refractivity (Wildman–Crippen MR) is 109 cm³/mol. The summed E-state index contributed by atoms with van der Waals surface area (Å²) >= 11 is 0. The van der Waals surface area contributed by atoms with Crippen molar-refractivity contribution in [2.75, 3.05) is 13.2 Å². The second kappa shape index (κ2) is 8.65. The highest BCUT2D eigenvalue weighted by atomic mass is 16.6. The highest BCUT2D eigenvalue weighted by molar-refractivity contribution is 5.84. The third-order valence-corrected chi connectivity index (χ3v) is 6.55. The van der Waals surface area contributed by atoms with Gasteiger partial charge in [0.05, 0.1) is 5.41 Å². The van der Waals surface area contributed by atoms with E-state index < -0.39 is 36.2 Å². The molecular weight excluding hydrogens is 372 g/mol. The highest BCUT2D eigenvalue weighted by Crippen LogP contribution is 2.68. The molecule has 0 amide bonds. The van der Waals surface area contributed by atoms with Gasteiger partial charge in [-0.1, -0.05) is 48.0 Å². The summed E-state index contributed by atoms with van der Waals surface area (Å²) in [5.41, 5.74) is -1.14. The molecule has 6 heteroatoms. The topological polar surface area (TPSA) is 78.9 Å². The zero-order valence-electron chi connectivity index (χ0n) is 19.0. The van der Waals surface area contributed by atoms with E-state index in [1.165, 1.54) is 0 Å². The van der Waals surface area contributed by atoms with Gasteiger partial charge in [0.1, 0.15) is 5.60 Å². The van der Waals surface area contributed by atoms with E-state index in [-0.39, 0.29) is 16.8 Å². The molecule has 0 saturated heterocycles. The quantitative estimate of drug-likeness (QED) is 0.430. The monoisotopic (exact) mass is 410 g/mol. The molecule has 1 unspecified atom stereocenters. The molecule has 0 spiro atoms. The summed E-state index contributed by atoms with van der Waals surface area (Å²) in [6.45, 7) is 11.4. The molecule has 2 aliphatic rings. The molecule has 0 radical (unpaired) electrons. The largest absolute Gasteiger partial charge is 0.457 e. The number of hydrogen-bond donors (Lipinski definition) is 0. The van der Waals surface area contributed by atoms with E-state index in [0.717, 1.165) is 44.9 Å². The van der Waals surface area contributed by atoms with Crippen LogP contribution in [0, 0.1) is 16.2 Å². The number of carbonyl (C=O) groups is 3. The number of esters is 3. The van der Waals surface area contributed by atoms with Crippen molar-refractivity contribution in [3.63, 3.8) is 0 Å². The maximum absolute atomic E-state index is 12.7. The first-order chi connectivity index (χ1) is 13.3. The van der Waals surface area contributed by atoms with Gasteiger partial charge in [0.15, 0.2) is 13.2 Å². The van der Waals surface area contributed by atoms with Crippen molar-refractivity contribution in [3.05, 3.63) is 0 Å². The average molecular weight is 411 g/mol. The molecule has 0 heterocycles. The SMILES string of the molecule is CCC1(OC(=O)COC(=O)COC(=O)C2(CC(C)(C)C)CC2(C)C)CCCCC1. The van der Waals surface area contributed by atoms with Crippen molar-refractivity contribution < 1.29 is 28.6 Å².